The summed E-state index contributed by atoms with van der Waals surface area (Å²) in [5, 5.41) is 16.1. The number of rotatable bonds is 4. The average Bonchev–Trinajstić information content (AvgIpc) is 2.78. The number of hydrogen-bond acceptors (Lipinski definition) is 4. The SMILES string of the molecule is CC(C)c1ccc(Nc2sccc2[N+](=O)[O-])cc1. The van der Waals surface area contributed by atoms with Gasteiger partial charge in [0.15, 0.2) is 5.00 Å². The zero-order chi connectivity index (χ0) is 13.1. The second kappa shape index (κ2) is 5.18. The minimum absolute atomic E-state index is 0.118. The Kier molecular flexibility index (Phi) is 3.62. The van der Waals surface area contributed by atoms with Gasteiger partial charge in [0.2, 0.25) is 0 Å². The van der Waals surface area contributed by atoms with Gasteiger partial charge in [-0.25, -0.2) is 0 Å². The Balaban J connectivity index is 2.18. The van der Waals surface area contributed by atoms with Gasteiger partial charge in [-0.2, -0.15) is 0 Å². The molecule has 2 aromatic rings. The van der Waals surface area contributed by atoms with Crippen LogP contribution in [0.2, 0.25) is 0 Å². The van der Waals surface area contributed by atoms with E-state index in [1.807, 2.05) is 24.3 Å². The summed E-state index contributed by atoms with van der Waals surface area (Å²) in [6.07, 6.45) is 0. The first kappa shape index (κ1) is 12.6. The first-order valence-electron chi connectivity index (χ1n) is 5.67. The van der Waals surface area contributed by atoms with Crippen LogP contribution in [0.25, 0.3) is 0 Å². The summed E-state index contributed by atoms with van der Waals surface area (Å²) >= 11 is 1.33. The Bertz CT molecular complexity index is 546. The molecular formula is C13H14N2O2S. The van der Waals surface area contributed by atoms with Gasteiger partial charge in [0, 0.05) is 11.8 Å². The van der Waals surface area contributed by atoms with Gasteiger partial charge in [-0.1, -0.05) is 26.0 Å². The molecule has 0 amide bonds. The number of benzene rings is 1. The van der Waals surface area contributed by atoms with E-state index < -0.39 is 0 Å². The third kappa shape index (κ3) is 2.68. The maximum Gasteiger partial charge on any atom is 0.303 e. The molecule has 0 atom stereocenters. The number of nitrogens with zero attached hydrogens (tertiary/aromatic N) is 1. The van der Waals surface area contributed by atoms with Crippen LogP contribution in [0, 0.1) is 10.1 Å². The fraction of sp³-hybridized carbons (Fsp3) is 0.231. The van der Waals surface area contributed by atoms with Crippen molar-refractivity contribution in [1.29, 1.82) is 0 Å². The highest BCUT2D eigenvalue weighted by molar-refractivity contribution is 7.14. The van der Waals surface area contributed by atoms with Crippen molar-refractivity contribution < 1.29 is 4.92 Å². The van der Waals surface area contributed by atoms with Crippen molar-refractivity contribution in [2.24, 2.45) is 0 Å². The van der Waals surface area contributed by atoms with Crippen LogP contribution in [-0.4, -0.2) is 4.92 Å². The Morgan fingerprint density at radius 2 is 1.89 bits per heavy atom. The summed E-state index contributed by atoms with van der Waals surface area (Å²) in [6, 6.07) is 9.46. The highest BCUT2D eigenvalue weighted by Crippen LogP contribution is 2.33. The van der Waals surface area contributed by atoms with E-state index in [9.17, 15) is 10.1 Å². The minimum Gasteiger partial charge on any atom is -0.342 e. The van der Waals surface area contributed by atoms with Crippen LogP contribution in [0.1, 0.15) is 25.3 Å². The molecule has 0 spiro atoms. The summed E-state index contributed by atoms with van der Waals surface area (Å²) in [5.74, 6) is 0.482. The summed E-state index contributed by atoms with van der Waals surface area (Å²) in [4.78, 5) is 10.4. The molecular weight excluding hydrogens is 248 g/mol. The van der Waals surface area contributed by atoms with Gasteiger partial charge >= 0.3 is 5.69 Å². The third-order valence-corrected chi connectivity index (χ3v) is 3.50. The largest absolute Gasteiger partial charge is 0.342 e. The molecule has 0 unspecified atom stereocenters. The molecule has 94 valence electrons. The monoisotopic (exact) mass is 262 g/mol. The van der Waals surface area contributed by atoms with Gasteiger partial charge in [0.1, 0.15) is 0 Å². The topological polar surface area (TPSA) is 55.2 Å². The van der Waals surface area contributed by atoms with Crippen molar-refractivity contribution in [3.63, 3.8) is 0 Å². The Morgan fingerprint density at radius 1 is 1.22 bits per heavy atom. The molecule has 0 fully saturated rings. The molecule has 0 aliphatic carbocycles. The van der Waals surface area contributed by atoms with E-state index in [-0.39, 0.29) is 10.6 Å². The van der Waals surface area contributed by atoms with Crippen molar-refractivity contribution >= 4 is 27.7 Å². The van der Waals surface area contributed by atoms with E-state index in [0.29, 0.717) is 10.9 Å². The van der Waals surface area contributed by atoms with Gasteiger partial charge in [-0.3, -0.25) is 10.1 Å². The maximum atomic E-state index is 10.8. The Labute approximate surface area is 109 Å². The average molecular weight is 262 g/mol. The molecule has 1 N–H and O–H groups in total. The van der Waals surface area contributed by atoms with Gasteiger partial charge in [0.25, 0.3) is 0 Å². The molecule has 1 aromatic carbocycles. The first-order chi connectivity index (χ1) is 8.58. The number of thiophene rings is 1. The molecule has 5 heteroatoms. The quantitative estimate of drug-likeness (QED) is 0.651. The fourth-order valence-electron chi connectivity index (χ4n) is 1.62. The van der Waals surface area contributed by atoms with E-state index in [0.717, 1.165) is 5.69 Å². The number of nitrogens with one attached hydrogen (secondary N) is 1. The molecule has 0 saturated heterocycles. The van der Waals surface area contributed by atoms with Crippen LogP contribution in [-0.2, 0) is 0 Å². The van der Waals surface area contributed by atoms with Gasteiger partial charge in [0.05, 0.1) is 4.92 Å². The van der Waals surface area contributed by atoms with Crippen molar-refractivity contribution in [3.05, 3.63) is 51.4 Å². The molecule has 1 aromatic heterocycles. The standard InChI is InChI=1S/C13H14N2O2S/c1-9(2)10-3-5-11(6-4-10)14-13-12(15(16)17)7-8-18-13/h3-9,14H,1-2H3. The fourth-order valence-corrected chi connectivity index (χ4v) is 2.40. The highest BCUT2D eigenvalue weighted by atomic mass is 32.1. The second-order valence-electron chi connectivity index (χ2n) is 4.29. The van der Waals surface area contributed by atoms with Gasteiger partial charge in [-0.15, -0.1) is 11.3 Å². The zero-order valence-corrected chi connectivity index (χ0v) is 11.0. The van der Waals surface area contributed by atoms with Crippen LogP contribution >= 0.6 is 11.3 Å². The van der Waals surface area contributed by atoms with Crippen molar-refractivity contribution in [2.75, 3.05) is 5.32 Å². The molecule has 0 aliphatic rings. The Morgan fingerprint density at radius 3 is 2.44 bits per heavy atom. The molecule has 4 nitrogen and oxygen atoms in total. The van der Waals surface area contributed by atoms with Crippen LogP contribution in [0.3, 0.4) is 0 Å². The zero-order valence-electron chi connectivity index (χ0n) is 10.2. The van der Waals surface area contributed by atoms with E-state index in [1.54, 1.807) is 5.38 Å². The molecule has 1 heterocycles. The molecule has 0 saturated carbocycles. The summed E-state index contributed by atoms with van der Waals surface area (Å²) in [7, 11) is 0. The van der Waals surface area contributed by atoms with E-state index in [4.69, 9.17) is 0 Å². The van der Waals surface area contributed by atoms with Crippen molar-refractivity contribution in [3.8, 4) is 0 Å². The van der Waals surface area contributed by atoms with Crippen LogP contribution in [0.15, 0.2) is 35.7 Å². The number of anilines is 2. The van der Waals surface area contributed by atoms with Crippen LogP contribution in [0.4, 0.5) is 16.4 Å². The predicted molar refractivity (Wildman–Crippen MR) is 74.8 cm³/mol. The van der Waals surface area contributed by atoms with Crippen molar-refractivity contribution in [1.82, 2.24) is 0 Å². The number of hydrogen-bond donors (Lipinski definition) is 1. The molecule has 0 bridgehead atoms. The van der Waals surface area contributed by atoms with Crippen LogP contribution < -0.4 is 5.32 Å². The third-order valence-electron chi connectivity index (χ3n) is 2.68. The smallest absolute Gasteiger partial charge is 0.303 e. The summed E-state index contributed by atoms with van der Waals surface area (Å²) in [6.45, 7) is 4.26. The summed E-state index contributed by atoms with van der Waals surface area (Å²) < 4.78 is 0. The van der Waals surface area contributed by atoms with Gasteiger partial charge < -0.3 is 5.32 Å². The van der Waals surface area contributed by atoms with E-state index in [1.165, 1.54) is 23.0 Å². The maximum absolute atomic E-state index is 10.8. The Hall–Kier alpha value is -1.88. The highest BCUT2D eigenvalue weighted by Gasteiger charge is 2.14. The minimum atomic E-state index is -0.374. The van der Waals surface area contributed by atoms with E-state index in [2.05, 4.69) is 19.2 Å². The van der Waals surface area contributed by atoms with Gasteiger partial charge in [-0.05, 0) is 29.0 Å². The molecule has 18 heavy (non-hydrogen) atoms. The lowest BCUT2D eigenvalue weighted by atomic mass is 10.0. The second-order valence-corrected chi connectivity index (χ2v) is 5.21. The van der Waals surface area contributed by atoms with E-state index >= 15 is 0 Å². The molecule has 0 aliphatic heterocycles. The lowest BCUT2D eigenvalue weighted by Gasteiger charge is -2.07. The normalized spacial score (nSPS) is 10.6. The lowest BCUT2D eigenvalue weighted by molar-refractivity contribution is -0.383. The molecule has 0 radical (unpaired) electrons. The molecule has 2 rings (SSSR count). The first-order valence-corrected chi connectivity index (χ1v) is 6.54. The van der Waals surface area contributed by atoms with Crippen molar-refractivity contribution in [2.45, 2.75) is 19.8 Å². The predicted octanol–water partition coefficient (Wildman–Crippen LogP) is 4.52. The number of nitro groups is 1. The summed E-state index contributed by atoms with van der Waals surface area (Å²) in [5.41, 5.74) is 2.24. The lowest BCUT2D eigenvalue weighted by Crippen LogP contribution is -1.94. The van der Waals surface area contributed by atoms with Crippen LogP contribution in [0.5, 0.6) is 0 Å².